The highest BCUT2D eigenvalue weighted by Gasteiger charge is 2.55. The van der Waals surface area contributed by atoms with Crippen LogP contribution in [0.3, 0.4) is 0 Å². The molecule has 0 bridgehead atoms. The van der Waals surface area contributed by atoms with E-state index < -0.39 is 17.7 Å². The lowest BCUT2D eigenvalue weighted by Crippen LogP contribution is -2.75. The molecule has 2 saturated heterocycles. The minimum atomic E-state index is -0.836. The number of likely N-dealkylation sites (tertiary alicyclic amines) is 1. The molecule has 0 aromatic heterocycles. The molecule has 2 aliphatic heterocycles. The van der Waals surface area contributed by atoms with Gasteiger partial charge in [-0.15, -0.1) is 0 Å². The van der Waals surface area contributed by atoms with Gasteiger partial charge in [-0.25, -0.2) is 0 Å². The molecule has 11 heteroatoms. The van der Waals surface area contributed by atoms with Gasteiger partial charge in [-0.1, -0.05) is 32.6 Å². The van der Waals surface area contributed by atoms with Crippen molar-refractivity contribution in [2.75, 3.05) is 59.2 Å². The molecule has 252 valence electrons. The fraction of sp³-hybridized carbons (Fsp3) is 0.735. The number of benzene rings is 1. The average Bonchev–Trinajstić information content (AvgIpc) is 3.07. The summed E-state index contributed by atoms with van der Waals surface area (Å²) in [6, 6.07) is 6.22. The summed E-state index contributed by atoms with van der Waals surface area (Å²) in [5, 5.41) is 25.6. The second-order valence-corrected chi connectivity index (χ2v) is 12.7. The number of hydrogen-bond donors (Lipinski definition) is 4. The number of hydrogen-bond acceptors (Lipinski definition) is 8. The predicted octanol–water partition coefficient (Wildman–Crippen LogP) is 2.49. The second kappa shape index (κ2) is 17.8. The van der Waals surface area contributed by atoms with E-state index in [9.17, 15) is 19.5 Å². The molecule has 1 aliphatic carbocycles. The highest BCUT2D eigenvalue weighted by molar-refractivity contribution is 6.00. The van der Waals surface area contributed by atoms with E-state index in [2.05, 4.69) is 22.5 Å². The smallest absolute Gasteiger partial charge is 0.251 e. The highest BCUT2D eigenvalue weighted by Crippen LogP contribution is 2.36. The van der Waals surface area contributed by atoms with Gasteiger partial charge < -0.3 is 40.1 Å². The van der Waals surface area contributed by atoms with Crippen LogP contribution in [0.15, 0.2) is 24.3 Å². The van der Waals surface area contributed by atoms with Crippen LogP contribution < -0.4 is 15.4 Å². The maximum Gasteiger partial charge on any atom is 0.251 e. The first-order valence-electron chi connectivity index (χ1n) is 17.1. The van der Waals surface area contributed by atoms with E-state index in [1.54, 1.807) is 24.3 Å². The second-order valence-electron chi connectivity index (χ2n) is 12.7. The Morgan fingerprint density at radius 2 is 1.76 bits per heavy atom. The van der Waals surface area contributed by atoms with Crippen LogP contribution in [0.4, 0.5) is 0 Å². The van der Waals surface area contributed by atoms with Crippen LogP contribution in [0.5, 0.6) is 5.75 Å². The summed E-state index contributed by atoms with van der Waals surface area (Å²) in [7, 11) is 0. The zero-order valence-electron chi connectivity index (χ0n) is 27.0. The van der Waals surface area contributed by atoms with Gasteiger partial charge in [0.05, 0.1) is 32.5 Å². The van der Waals surface area contributed by atoms with Crippen LogP contribution in [0.25, 0.3) is 0 Å². The molecule has 3 aliphatic rings. The monoisotopic (exact) mass is 630 g/mol. The van der Waals surface area contributed by atoms with E-state index in [-0.39, 0.29) is 36.9 Å². The van der Waals surface area contributed by atoms with Gasteiger partial charge in [-0.3, -0.25) is 14.4 Å². The summed E-state index contributed by atoms with van der Waals surface area (Å²) in [4.78, 5) is 43.9. The SMILES string of the molecule is CCCCN1C(=O)[C@@H]([C@H](O)C2CCCCC2)NC(=O)C12CCN(CCCCOc1ccc(C(=O)NCCOCCO)cc1)CC2. The van der Waals surface area contributed by atoms with E-state index in [0.717, 1.165) is 71.0 Å². The topological polar surface area (TPSA) is 141 Å². The van der Waals surface area contributed by atoms with Crippen LogP contribution in [0, 0.1) is 5.92 Å². The van der Waals surface area contributed by atoms with Crippen LogP contribution >= 0.6 is 0 Å². The number of amides is 3. The molecule has 4 N–H and O–H groups in total. The zero-order chi connectivity index (χ0) is 32.1. The summed E-state index contributed by atoms with van der Waals surface area (Å²) in [5.74, 6) is 0.398. The first-order chi connectivity index (χ1) is 21.9. The van der Waals surface area contributed by atoms with Crippen molar-refractivity contribution in [2.45, 2.75) is 95.2 Å². The average molecular weight is 631 g/mol. The minimum absolute atomic E-state index is 0.0385. The van der Waals surface area contributed by atoms with Crippen molar-refractivity contribution < 1.29 is 34.1 Å². The summed E-state index contributed by atoms with van der Waals surface area (Å²) in [5.41, 5.74) is -0.282. The maximum atomic E-state index is 13.8. The maximum absolute atomic E-state index is 13.8. The fourth-order valence-corrected chi connectivity index (χ4v) is 6.94. The third-order valence-electron chi connectivity index (χ3n) is 9.67. The largest absolute Gasteiger partial charge is 0.494 e. The highest BCUT2D eigenvalue weighted by atomic mass is 16.5. The number of unbranched alkanes of at least 4 members (excludes halogenated alkanes) is 2. The van der Waals surface area contributed by atoms with E-state index in [0.29, 0.717) is 50.5 Å². The van der Waals surface area contributed by atoms with Crippen LogP contribution in [-0.4, -0.2) is 115 Å². The Balaban J connectivity index is 1.19. The Morgan fingerprint density at radius 3 is 2.44 bits per heavy atom. The van der Waals surface area contributed by atoms with Gasteiger partial charge in [0, 0.05) is 31.7 Å². The predicted molar refractivity (Wildman–Crippen MR) is 171 cm³/mol. The van der Waals surface area contributed by atoms with E-state index in [1.165, 1.54) is 6.42 Å². The Kier molecular flexibility index (Phi) is 13.9. The lowest BCUT2D eigenvalue weighted by molar-refractivity contribution is -0.165. The quantitative estimate of drug-likeness (QED) is 0.193. The summed E-state index contributed by atoms with van der Waals surface area (Å²) in [6.07, 6.45) is 9.13. The summed E-state index contributed by atoms with van der Waals surface area (Å²) < 4.78 is 11.0. The van der Waals surface area contributed by atoms with Crippen molar-refractivity contribution in [1.29, 1.82) is 0 Å². The molecule has 1 spiro atoms. The van der Waals surface area contributed by atoms with E-state index in [1.807, 2.05) is 4.90 Å². The van der Waals surface area contributed by atoms with Crippen molar-refractivity contribution in [3.8, 4) is 5.75 Å². The molecule has 11 nitrogen and oxygen atoms in total. The van der Waals surface area contributed by atoms with E-state index >= 15 is 0 Å². The Bertz CT molecular complexity index is 1070. The molecule has 0 unspecified atom stereocenters. The zero-order valence-corrected chi connectivity index (χ0v) is 27.0. The molecule has 3 fully saturated rings. The first-order valence-corrected chi connectivity index (χ1v) is 17.1. The molecule has 4 rings (SSSR count). The molecule has 3 amide bonds. The molecule has 1 saturated carbocycles. The summed E-state index contributed by atoms with van der Waals surface area (Å²) in [6.45, 7) is 6.55. The fourth-order valence-electron chi connectivity index (χ4n) is 6.94. The number of nitrogens with zero attached hydrogens (tertiary/aromatic N) is 2. The number of aliphatic hydroxyl groups is 2. The third-order valence-corrected chi connectivity index (χ3v) is 9.67. The number of nitrogens with one attached hydrogen (secondary N) is 2. The van der Waals surface area contributed by atoms with Gasteiger partial charge in [0.1, 0.15) is 17.3 Å². The van der Waals surface area contributed by atoms with Gasteiger partial charge in [0.25, 0.3) is 5.91 Å². The van der Waals surface area contributed by atoms with Crippen molar-refractivity contribution in [3.63, 3.8) is 0 Å². The Morgan fingerprint density at radius 1 is 1.02 bits per heavy atom. The number of piperazine rings is 1. The number of ether oxygens (including phenoxy) is 2. The number of rotatable bonds is 17. The van der Waals surface area contributed by atoms with Crippen molar-refractivity contribution in [3.05, 3.63) is 29.8 Å². The molecule has 45 heavy (non-hydrogen) atoms. The Labute approximate surface area is 268 Å². The molecule has 0 radical (unpaired) electrons. The van der Waals surface area contributed by atoms with Gasteiger partial charge in [-0.2, -0.15) is 0 Å². The lowest BCUT2D eigenvalue weighted by Gasteiger charge is -2.52. The van der Waals surface area contributed by atoms with E-state index in [4.69, 9.17) is 14.6 Å². The molecular weight excluding hydrogens is 576 g/mol. The van der Waals surface area contributed by atoms with Crippen molar-refractivity contribution >= 4 is 17.7 Å². The van der Waals surface area contributed by atoms with Gasteiger partial charge in [0.2, 0.25) is 11.8 Å². The van der Waals surface area contributed by atoms with Crippen LogP contribution in [-0.2, 0) is 14.3 Å². The van der Waals surface area contributed by atoms with Gasteiger partial charge in [-0.05, 0) is 81.7 Å². The number of piperidine rings is 1. The van der Waals surface area contributed by atoms with Crippen LogP contribution in [0.1, 0.15) is 87.9 Å². The molecule has 1 aromatic rings. The van der Waals surface area contributed by atoms with Crippen molar-refractivity contribution in [1.82, 2.24) is 20.4 Å². The van der Waals surface area contributed by atoms with Crippen LogP contribution in [0.2, 0.25) is 0 Å². The lowest BCUT2D eigenvalue weighted by atomic mass is 9.78. The third kappa shape index (κ3) is 9.40. The normalized spacial score (nSPS) is 21.5. The molecule has 1 aromatic carbocycles. The van der Waals surface area contributed by atoms with Gasteiger partial charge >= 0.3 is 0 Å². The summed E-state index contributed by atoms with van der Waals surface area (Å²) >= 11 is 0. The Hall–Kier alpha value is -2.73. The van der Waals surface area contributed by atoms with Crippen molar-refractivity contribution in [2.24, 2.45) is 5.92 Å². The number of aliphatic hydroxyl groups excluding tert-OH is 2. The first kappa shape index (κ1) is 35.1. The number of carbonyl (C=O) groups excluding carboxylic acids is 3. The molecule has 2 atom stereocenters. The minimum Gasteiger partial charge on any atom is -0.494 e. The molecular formula is C34H54N4O7. The standard InChI is InChI=1S/C34H54N4O7/c1-2-3-19-38-32(42)29(30(40)26-9-5-4-6-10-26)36-33(43)34(38)15-20-37(21-16-34)18-7-8-23-45-28-13-11-27(12-14-28)31(41)35-17-24-44-25-22-39/h11-14,26,29-30,39-40H,2-10,15-25H2,1H3,(H,35,41)(H,36,43)/t29-,30-/m1/s1. The molecule has 2 heterocycles. The van der Waals surface area contributed by atoms with Gasteiger partial charge in [0.15, 0.2) is 0 Å². The number of carbonyl (C=O) groups is 3.